The Bertz CT molecular complexity index is 304. The molecule has 0 aromatic carbocycles. The molecule has 0 bridgehead atoms. The molecule has 1 fully saturated rings. The first-order valence-electron chi connectivity index (χ1n) is 5.26. The Morgan fingerprint density at radius 2 is 2.20 bits per heavy atom. The van der Waals surface area contributed by atoms with Gasteiger partial charge >= 0.3 is 0 Å². The van der Waals surface area contributed by atoms with Gasteiger partial charge in [0.1, 0.15) is 0 Å². The van der Waals surface area contributed by atoms with Crippen molar-refractivity contribution < 1.29 is 13.5 Å². The van der Waals surface area contributed by atoms with E-state index in [-0.39, 0.29) is 18.6 Å². The van der Waals surface area contributed by atoms with Crippen molar-refractivity contribution >= 4 is 10.0 Å². The molecule has 0 aromatic heterocycles. The number of rotatable bonds is 3. The van der Waals surface area contributed by atoms with Crippen LogP contribution in [-0.4, -0.2) is 48.8 Å². The predicted octanol–water partition coefficient (Wildman–Crippen LogP) is -0.634. The van der Waals surface area contributed by atoms with Crippen molar-refractivity contribution in [2.45, 2.75) is 31.6 Å². The number of aliphatic hydroxyl groups is 1. The van der Waals surface area contributed by atoms with Crippen LogP contribution in [0.15, 0.2) is 0 Å². The SMILES string of the molecule is CC1CN(S(=O)(=O)C(C)CN)CCC1O. The molecule has 3 atom stereocenters. The van der Waals surface area contributed by atoms with Crippen molar-refractivity contribution in [3.05, 3.63) is 0 Å². The lowest BCUT2D eigenvalue weighted by atomic mass is 9.99. The average molecular weight is 236 g/mol. The summed E-state index contributed by atoms with van der Waals surface area (Å²) >= 11 is 0. The predicted molar refractivity (Wildman–Crippen MR) is 58.8 cm³/mol. The van der Waals surface area contributed by atoms with Gasteiger partial charge in [-0.1, -0.05) is 6.92 Å². The van der Waals surface area contributed by atoms with Crippen LogP contribution in [0.25, 0.3) is 0 Å². The largest absolute Gasteiger partial charge is 0.393 e. The fourth-order valence-electron chi connectivity index (χ4n) is 1.70. The number of hydrogen-bond acceptors (Lipinski definition) is 4. The third-order valence-corrected chi connectivity index (χ3v) is 5.28. The first-order valence-corrected chi connectivity index (χ1v) is 6.77. The molecule has 3 N–H and O–H groups in total. The van der Waals surface area contributed by atoms with Gasteiger partial charge in [0.05, 0.1) is 11.4 Å². The van der Waals surface area contributed by atoms with Crippen LogP contribution in [0.5, 0.6) is 0 Å². The Morgan fingerprint density at radius 3 is 2.67 bits per heavy atom. The van der Waals surface area contributed by atoms with Crippen molar-refractivity contribution in [2.24, 2.45) is 11.7 Å². The number of nitrogens with two attached hydrogens (primary N) is 1. The third-order valence-electron chi connectivity index (χ3n) is 3.02. The van der Waals surface area contributed by atoms with E-state index in [0.717, 1.165) is 0 Å². The summed E-state index contributed by atoms with van der Waals surface area (Å²) in [7, 11) is -3.27. The van der Waals surface area contributed by atoms with Crippen LogP contribution >= 0.6 is 0 Å². The molecule has 15 heavy (non-hydrogen) atoms. The molecule has 0 saturated carbocycles. The minimum atomic E-state index is -3.27. The van der Waals surface area contributed by atoms with Crippen LogP contribution < -0.4 is 5.73 Å². The van der Waals surface area contributed by atoms with Gasteiger partial charge in [-0.2, -0.15) is 0 Å². The first-order chi connectivity index (χ1) is 6.89. The minimum absolute atomic E-state index is 0.00139. The number of sulfonamides is 1. The van der Waals surface area contributed by atoms with Crippen molar-refractivity contribution in [1.82, 2.24) is 4.31 Å². The zero-order chi connectivity index (χ0) is 11.6. The second-order valence-corrected chi connectivity index (χ2v) is 6.63. The maximum Gasteiger partial charge on any atom is 0.217 e. The topological polar surface area (TPSA) is 83.6 Å². The lowest BCUT2D eigenvalue weighted by Crippen LogP contribution is -2.48. The molecular weight excluding hydrogens is 216 g/mol. The van der Waals surface area contributed by atoms with Crippen molar-refractivity contribution in [1.29, 1.82) is 0 Å². The van der Waals surface area contributed by atoms with E-state index in [9.17, 15) is 13.5 Å². The summed E-state index contributed by atoms with van der Waals surface area (Å²) in [5.41, 5.74) is 5.37. The van der Waals surface area contributed by atoms with Gasteiger partial charge in [-0.05, 0) is 19.3 Å². The molecule has 1 heterocycles. The highest BCUT2D eigenvalue weighted by Crippen LogP contribution is 2.21. The van der Waals surface area contributed by atoms with E-state index in [1.807, 2.05) is 6.92 Å². The van der Waals surface area contributed by atoms with Gasteiger partial charge < -0.3 is 10.8 Å². The molecular formula is C9H20N2O3S. The van der Waals surface area contributed by atoms with E-state index in [1.54, 1.807) is 6.92 Å². The average Bonchev–Trinajstić information content (AvgIpc) is 2.20. The van der Waals surface area contributed by atoms with Crippen LogP contribution in [0, 0.1) is 5.92 Å². The normalized spacial score (nSPS) is 31.5. The highest BCUT2D eigenvalue weighted by molar-refractivity contribution is 7.89. The summed E-state index contributed by atoms with van der Waals surface area (Å²) in [4.78, 5) is 0. The molecule has 5 nitrogen and oxygen atoms in total. The third kappa shape index (κ3) is 2.69. The molecule has 1 aliphatic rings. The maximum atomic E-state index is 11.9. The van der Waals surface area contributed by atoms with Gasteiger partial charge in [-0.15, -0.1) is 0 Å². The molecule has 1 aliphatic heterocycles. The molecule has 0 aromatic rings. The van der Waals surface area contributed by atoms with Crippen LogP contribution in [0.2, 0.25) is 0 Å². The summed E-state index contributed by atoms with van der Waals surface area (Å²) in [6.07, 6.45) is 0.127. The van der Waals surface area contributed by atoms with E-state index < -0.39 is 15.3 Å². The van der Waals surface area contributed by atoms with Crippen LogP contribution in [0.1, 0.15) is 20.3 Å². The lowest BCUT2D eigenvalue weighted by Gasteiger charge is -2.34. The Labute approximate surface area is 91.3 Å². The van der Waals surface area contributed by atoms with Gasteiger partial charge in [0, 0.05) is 19.6 Å². The Balaban J connectivity index is 2.73. The van der Waals surface area contributed by atoms with Gasteiger partial charge in [-0.3, -0.25) is 0 Å². The second-order valence-electron chi connectivity index (χ2n) is 4.28. The number of piperidine rings is 1. The molecule has 1 rings (SSSR count). The zero-order valence-electron chi connectivity index (χ0n) is 9.26. The van der Waals surface area contributed by atoms with E-state index in [0.29, 0.717) is 19.5 Å². The fourth-order valence-corrected chi connectivity index (χ4v) is 3.26. The molecule has 0 amide bonds. The Kier molecular flexibility index (Phi) is 4.11. The van der Waals surface area contributed by atoms with Gasteiger partial charge in [0.15, 0.2) is 0 Å². The minimum Gasteiger partial charge on any atom is -0.393 e. The molecule has 3 unspecified atom stereocenters. The monoisotopic (exact) mass is 236 g/mol. The van der Waals surface area contributed by atoms with Crippen molar-refractivity contribution in [3.63, 3.8) is 0 Å². The summed E-state index contributed by atoms with van der Waals surface area (Å²) in [6.45, 7) is 4.41. The fraction of sp³-hybridized carbons (Fsp3) is 1.00. The molecule has 1 saturated heterocycles. The summed E-state index contributed by atoms with van der Waals surface area (Å²) in [5, 5.41) is 8.97. The maximum absolute atomic E-state index is 11.9. The van der Waals surface area contributed by atoms with Crippen molar-refractivity contribution in [3.8, 4) is 0 Å². The highest BCUT2D eigenvalue weighted by Gasteiger charge is 2.34. The molecule has 0 radical (unpaired) electrons. The highest BCUT2D eigenvalue weighted by atomic mass is 32.2. The smallest absolute Gasteiger partial charge is 0.217 e. The number of nitrogens with zero attached hydrogens (tertiary/aromatic N) is 1. The van der Waals surface area contributed by atoms with Gasteiger partial charge in [-0.25, -0.2) is 12.7 Å². The second kappa shape index (κ2) is 4.78. The first kappa shape index (κ1) is 12.9. The summed E-state index contributed by atoms with van der Waals surface area (Å²) in [6, 6.07) is 0. The van der Waals surface area contributed by atoms with Gasteiger partial charge in [0.25, 0.3) is 0 Å². The molecule has 90 valence electrons. The van der Waals surface area contributed by atoms with E-state index in [1.165, 1.54) is 4.31 Å². The van der Waals surface area contributed by atoms with Gasteiger partial charge in [0.2, 0.25) is 10.0 Å². The van der Waals surface area contributed by atoms with Crippen LogP contribution in [0.4, 0.5) is 0 Å². The lowest BCUT2D eigenvalue weighted by molar-refractivity contribution is 0.0626. The summed E-state index contributed by atoms with van der Waals surface area (Å²) in [5.74, 6) is -0.00139. The van der Waals surface area contributed by atoms with E-state index in [2.05, 4.69) is 0 Å². The Morgan fingerprint density at radius 1 is 1.60 bits per heavy atom. The van der Waals surface area contributed by atoms with Crippen LogP contribution in [0.3, 0.4) is 0 Å². The molecule has 0 aliphatic carbocycles. The molecule has 0 spiro atoms. The van der Waals surface area contributed by atoms with Crippen molar-refractivity contribution in [2.75, 3.05) is 19.6 Å². The standard InChI is InChI=1S/C9H20N2O3S/c1-7-6-11(4-3-9(7)12)15(13,14)8(2)5-10/h7-9,12H,3-6,10H2,1-2H3. The van der Waals surface area contributed by atoms with E-state index in [4.69, 9.17) is 5.73 Å². The Hall–Kier alpha value is -0.170. The zero-order valence-corrected chi connectivity index (χ0v) is 10.1. The molecule has 6 heteroatoms. The number of aliphatic hydroxyl groups excluding tert-OH is 1. The van der Waals surface area contributed by atoms with E-state index >= 15 is 0 Å². The van der Waals surface area contributed by atoms with Crippen LogP contribution in [-0.2, 0) is 10.0 Å². The number of hydrogen-bond donors (Lipinski definition) is 2. The quantitative estimate of drug-likeness (QED) is 0.683. The summed E-state index contributed by atoms with van der Waals surface area (Å²) < 4.78 is 25.3.